The van der Waals surface area contributed by atoms with Crippen molar-refractivity contribution < 1.29 is 4.74 Å². The molecule has 3 nitrogen and oxygen atoms in total. The normalized spacial score (nSPS) is 26.3. The SMILES string of the molecule is CCCC1CNC(CC)CN1CCCCOC. The van der Waals surface area contributed by atoms with Gasteiger partial charge in [0.2, 0.25) is 0 Å². The Balaban J connectivity index is 2.32. The molecule has 102 valence electrons. The van der Waals surface area contributed by atoms with Gasteiger partial charge in [0, 0.05) is 38.9 Å². The van der Waals surface area contributed by atoms with Crippen LogP contribution in [-0.4, -0.2) is 50.3 Å². The summed E-state index contributed by atoms with van der Waals surface area (Å²) in [6.07, 6.45) is 6.32. The maximum atomic E-state index is 5.12. The quantitative estimate of drug-likeness (QED) is 0.661. The summed E-state index contributed by atoms with van der Waals surface area (Å²) in [6, 6.07) is 1.45. The van der Waals surface area contributed by atoms with Crippen LogP contribution in [0, 0.1) is 0 Å². The maximum absolute atomic E-state index is 5.12. The lowest BCUT2D eigenvalue weighted by Crippen LogP contribution is -2.56. The molecule has 0 bridgehead atoms. The molecular weight excluding hydrogens is 212 g/mol. The van der Waals surface area contributed by atoms with E-state index in [9.17, 15) is 0 Å². The van der Waals surface area contributed by atoms with Crippen molar-refractivity contribution in [2.24, 2.45) is 0 Å². The Bertz CT molecular complexity index is 187. The zero-order valence-electron chi connectivity index (χ0n) is 11.9. The zero-order valence-corrected chi connectivity index (χ0v) is 11.9. The number of unbranched alkanes of at least 4 members (excludes halogenated alkanes) is 1. The van der Waals surface area contributed by atoms with Crippen molar-refractivity contribution in [3.05, 3.63) is 0 Å². The first-order valence-electron chi connectivity index (χ1n) is 7.28. The molecule has 1 rings (SSSR count). The third-order valence-corrected chi connectivity index (χ3v) is 3.77. The third-order valence-electron chi connectivity index (χ3n) is 3.77. The fourth-order valence-corrected chi connectivity index (χ4v) is 2.65. The van der Waals surface area contributed by atoms with Gasteiger partial charge in [0.05, 0.1) is 0 Å². The van der Waals surface area contributed by atoms with E-state index in [1.807, 2.05) is 0 Å². The van der Waals surface area contributed by atoms with Gasteiger partial charge in [-0.05, 0) is 32.2 Å². The molecule has 1 saturated heterocycles. The van der Waals surface area contributed by atoms with Crippen LogP contribution in [0.3, 0.4) is 0 Å². The number of hydrogen-bond acceptors (Lipinski definition) is 3. The van der Waals surface area contributed by atoms with Gasteiger partial charge < -0.3 is 10.1 Å². The fourth-order valence-electron chi connectivity index (χ4n) is 2.65. The van der Waals surface area contributed by atoms with Crippen molar-refractivity contribution in [3.8, 4) is 0 Å². The summed E-state index contributed by atoms with van der Waals surface area (Å²) in [5.74, 6) is 0. The lowest BCUT2D eigenvalue weighted by atomic mass is 10.0. The molecule has 1 aliphatic heterocycles. The molecule has 0 aromatic rings. The lowest BCUT2D eigenvalue weighted by Gasteiger charge is -2.40. The highest BCUT2D eigenvalue weighted by molar-refractivity contribution is 4.85. The van der Waals surface area contributed by atoms with E-state index in [-0.39, 0.29) is 0 Å². The van der Waals surface area contributed by atoms with E-state index < -0.39 is 0 Å². The van der Waals surface area contributed by atoms with Crippen LogP contribution in [0.2, 0.25) is 0 Å². The number of nitrogens with zero attached hydrogens (tertiary/aromatic N) is 1. The Labute approximate surface area is 107 Å². The van der Waals surface area contributed by atoms with Crippen LogP contribution >= 0.6 is 0 Å². The van der Waals surface area contributed by atoms with E-state index in [0.717, 1.165) is 12.6 Å². The first-order valence-corrected chi connectivity index (χ1v) is 7.28. The summed E-state index contributed by atoms with van der Waals surface area (Å²) in [5.41, 5.74) is 0. The van der Waals surface area contributed by atoms with Crippen molar-refractivity contribution in [1.29, 1.82) is 0 Å². The smallest absolute Gasteiger partial charge is 0.0462 e. The predicted octanol–water partition coefficient (Wildman–Crippen LogP) is 2.27. The summed E-state index contributed by atoms with van der Waals surface area (Å²) >= 11 is 0. The minimum atomic E-state index is 0.700. The van der Waals surface area contributed by atoms with Crippen molar-refractivity contribution in [2.45, 2.75) is 58.0 Å². The van der Waals surface area contributed by atoms with Crippen molar-refractivity contribution >= 4 is 0 Å². The second-order valence-corrected chi connectivity index (χ2v) is 5.15. The minimum absolute atomic E-state index is 0.700. The molecule has 1 heterocycles. The summed E-state index contributed by atoms with van der Waals surface area (Å²) in [7, 11) is 1.79. The van der Waals surface area contributed by atoms with Gasteiger partial charge in [-0.15, -0.1) is 0 Å². The van der Waals surface area contributed by atoms with Crippen molar-refractivity contribution in [3.63, 3.8) is 0 Å². The molecule has 0 saturated carbocycles. The van der Waals surface area contributed by atoms with Gasteiger partial charge in [0.15, 0.2) is 0 Å². The molecule has 1 aliphatic rings. The topological polar surface area (TPSA) is 24.5 Å². The van der Waals surface area contributed by atoms with Crippen LogP contribution in [0.5, 0.6) is 0 Å². The van der Waals surface area contributed by atoms with Crippen LogP contribution in [-0.2, 0) is 4.74 Å². The standard InChI is InChI=1S/C14H30N2O/c1-4-8-14-11-15-13(5-2)12-16(14)9-6-7-10-17-3/h13-15H,4-12H2,1-3H3. The molecule has 3 heteroatoms. The van der Waals surface area contributed by atoms with Crippen LogP contribution < -0.4 is 5.32 Å². The van der Waals surface area contributed by atoms with Gasteiger partial charge in [0.1, 0.15) is 0 Å². The number of rotatable bonds is 8. The third kappa shape index (κ3) is 5.36. The first-order chi connectivity index (χ1) is 8.31. The average molecular weight is 242 g/mol. The first kappa shape index (κ1) is 14.9. The van der Waals surface area contributed by atoms with Crippen LogP contribution in [0.1, 0.15) is 46.0 Å². The van der Waals surface area contributed by atoms with E-state index in [0.29, 0.717) is 6.04 Å². The molecule has 2 atom stereocenters. The fraction of sp³-hybridized carbons (Fsp3) is 1.00. The molecule has 1 N–H and O–H groups in total. The maximum Gasteiger partial charge on any atom is 0.0462 e. The van der Waals surface area contributed by atoms with E-state index >= 15 is 0 Å². The van der Waals surface area contributed by atoms with Gasteiger partial charge in [-0.25, -0.2) is 0 Å². The Morgan fingerprint density at radius 1 is 1.29 bits per heavy atom. The Morgan fingerprint density at radius 2 is 2.12 bits per heavy atom. The summed E-state index contributed by atoms with van der Waals surface area (Å²) in [6.45, 7) is 9.12. The Hall–Kier alpha value is -0.120. The molecule has 0 radical (unpaired) electrons. The van der Waals surface area contributed by atoms with Crippen molar-refractivity contribution in [2.75, 3.05) is 33.4 Å². The molecule has 2 unspecified atom stereocenters. The molecule has 0 amide bonds. The minimum Gasteiger partial charge on any atom is -0.385 e. The molecule has 17 heavy (non-hydrogen) atoms. The van der Waals surface area contributed by atoms with E-state index in [4.69, 9.17) is 4.74 Å². The number of hydrogen-bond donors (Lipinski definition) is 1. The van der Waals surface area contributed by atoms with Gasteiger partial charge in [-0.2, -0.15) is 0 Å². The second-order valence-electron chi connectivity index (χ2n) is 5.15. The highest BCUT2D eigenvalue weighted by Gasteiger charge is 2.25. The number of nitrogens with one attached hydrogen (secondary N) is 1. The molecule has 0 spiro atoms. The molecule has 0 aromatic carbocycles. The molecular formula is C14H30N2O. The van der Waals surface area contributed by atoms with Crippen LogP contribution in [0.25, 0.3) is 0 Å². The number of methoxy groups -OCH3 is 1. The highest BCUT2D eigenvalue weighted by atomic mass is 16.5. The molecule has 0 aliphatic carbocycles. The number of piperazine rings is 1. The average Bonchev–Trinajstić information content (AvgIpc) is 2.36. The second kappa shape index (κ2) is 8.90. The van der Waals surface area contributed by atoms with Gasteiger partial charge in [-0.1, -0.05) is 20.3 Å². The Kier molecular flexibility index (Phi) is 7.82. The van der Waals surface area contributed by atoms with Crippen LogP contribution in [0.15, 0.2) is 0 Å². The molecule has 0 aromatic heterocycles. The van der Waals surface area contributed by atoms with Gasteiger partial charge >= 0.3 is 0 Å². The summed E-state index contributed by atoms with van der Waals surface area (Å²) < 4.78 is 5.12. The van der Waals surface area contributed by atoms with E-state index in [2.05, 4.69) is 24.1 Å². The summed E-state index contributed by atoms with van der Waals surface area (Å²) in [5, 5.41) is 3.67. The van der Waals surface area contributed by atoms with Crippen molar-refractivity contribution in [1.82, 2.24) is 10.2 Å². The van der Waals surface area contributed by atoms with E-state index in [1.165, 1.54) is 51.7 Å². The number of ether oxygens (including phenoxy) is 1. The zero-order chi connectivity index (χ0) is 12.5. The Morgan fingerprint density at radius 3 is 2.76 bits per heavy atom. The van der Waals surface area contributed by atoms with E-state index in [1.54, 1.807) is 7.11 Å². The monoisotopic (exact) mass is 242 g/mol. The lowest BCUT2D eigenvalue weighted by molar-refractivity contribution is 0.113. The highest BCUT2D eigenvalue weighted by Crippen LogP contribution is 2.14. The predicted molar refractivity (Wildman–Crippen MR) is 73.5 cm³/mol. The largest absolute Gasteiger partial charge is 0.385 e. The summed E-state index contributed by atoms with van der Waals surface area (Å²) in [4.78, 5) is 2.70. The molecule has 1 fully saturated rings. The van der Waals surface area contributed by atoms with Crippen LogP contribution in [0.4, 0.5) is 0 Å². The van der Waals surface area contributed by atoms with Gasteiger partial charge in [-0.3, -0.25) is 4.90 Å². The van der Waals surface area contributed by atoms with Gasteiger partial charge in [0.25, 0.3) is 0 Å².